The Kier molecular flexibility index (Phi) is 4.21. The first kappa shape index (κ1) is 14.0. The van der Waals surface area contributed by atoms with Crippen LogP contribution in [0.4, 0.5) is 0 Å². The van der Waals surface area contributed by atoms with Crippen LogP contribution in [0.25, 0.3) is 0 Å². The summed E-state index contributed by atoms with van der Waals surface area (Å²) < 4.78 is 0. The number of aliphatic carboxylic acids is 1. The van der Waals surface area contributed by atoms with E-state index < -0.39 is 11.4 Å². The summed E-state index contributed by atoms with van der Waals surface area (Å²) in [6, 6.07) is 5.74. The van der Waals surface area contributed by atoms with Gasteiger partial charge >= 0.3 is 5.97 Å². The maximum Gasteiger partial charge on any atom is 0.304 e. The normalized spacial score (nSPS) is 11.9. The van der Waals surface area contributed by atoms with E-state index in [1.807, 2.05) is 32.0 Å². The molecule has 3 heteroatoms. The van der Waals surface area contributed by atoms with Gasteiger partial charge in [-0.1, -0.05) is 45.4 Å². The van der Waals surface area contributed by atoms with Gasteiger partial charge < -0.3 is 5.11 Å². The first-order valence-corrected chi connectivity index (χ1v) is 6.13. The van der Waals surface area contributed by atoms with E-state index in [2.05, 4.69) is 13.8 Å². The molecule has 0 unspecified atom stereocenters. The Hall–Kier alpha value is -1.02. The van der Waals surface area contributed by atoms with Crippen molar-refractivity contribution in [1.82, 2.24) is 0 Å². The highest BCUT2D eigenvalue weighted by atomic mass is 35.5. The molecule has 0 aliphatic carbocycles. The fraction of sp³-hybridized carbons (Fsp3) is 0.500. The zero-order valence-electron chi connectivity index (χ0n) is 10.7. The smallest absolute Gasteiger partial charge is 0.304 e. The van der Waals surface area contributed by atoms with Crippen LogP contribution >= 0.6 is 11.6 Å². The third-order valence-corrected chi connectivity index (χ3v) is 3.19. The Morgan fingerprint density at radius 2 is 2.00 bits per heavy atom. The molecular weight excluding hydrogens is 236 g/mol. The molecule has 0 saturated heterocycles. The van der Waals surface area contributed by atoms with Crippen LogP contribution in [-0.4, -0.2) is 11.1 Å². The van der Waals surface area contributed by atoms with Gasteiger partial charge in [-0.2, -0.15) is 0 Å². The molecule has 1 N–H and O–H groups in total. The lowest BCUT2D eigenvalue weighted by molar-refractivity contribution is -0.138. The maximum absolute atomic E-state index is 10.9. The predicted octanol–water partition coefficient (Wildman–Crippen LogP) is 4.22. The van der Waals surface area contributed by atoms with Gasteiger partial charge in [-0.05, 0) is 29.2 Å². The molecule has 0 aliphatic heterocycles. The van der Waals surface area contributed by atoms with Crippen molar-refractivity contribution in [3.05, 3.63) is 34.3 Å². The van der Waals surface area contributed by atoms with Gasteiger partial charge in [0.2, 0.25) is 0 Å². The average molecular weight is 255 g/mol. The zero-order valence-corrected chi connectivity index (χ0v) is 11.5. The minimum Gasteiger partial charge on any atom is -0.481 e. The lowest BCUT2D eigenvalue weighted by Gasteiger charge is -2.27. The van der Waals surface area contributed by atoms with Crippen molar-refractivity contribution >= 4 is 17.6 Å². The minimum absolute atomic E-state index is 0.104. The number of hydrogen-bond donors (Lipinski definition) is 1. The van der Waals surface area contributed by atoms with Crippen molar-refractivity contribution in [2.24, 2.45) is 0 Å². The lowest BCUT2D eigenvalue weighted by Crippen LogP contribution is -2.23. The van der Waals surface area contributed by atoms with Crippen molar-refractivity contribution in [3.63, 3.8) is 0 Å². The molecule has 0 fully saturated rings. The van der Waals surface area contributed by atoms with E-state index in [9.17, 15) is 4.79 Å². The number of benzene rings is 1. The second kappa shape index (κ2) is 5.09. The Labute approximate surface area is 108 Å². The molecule has 0 amide bonds. The molecule has 1 aromatic carbocycles. The molecule has 94 valence electrons. The van der Waals surface area contributed by atoms with E-state index in [1.165, 1.54) is 5.56 Å². The summed E-state index contributed by atoms with van der Waals surface area (Å²) in [6.07, 6.45) is 0.104. The van der Waals surface area contributed by atoms with E-state index in [1.54, 1.807) is 0 Å². The van der Waals surface area contributed by atoms with Crippen LogP contribution in [0, 0.1) is 0 Å². The van der Waals surface area contributed by atoms with E-state index >= 15 is 0 Å². The molecule has 2 nitrogen and oxygen atoms in total. The van der Waals surface area contributed by atoms with Gasteiger partial charge in [-0.25, -0.2) is 0 Å². The van der Waals surface area contributed by atoms with Gasteiger partial charge in [-0.15, -0.1) is 0 Å². The summed E-state index contributed by atoms with van der Waals surface area (Å²) in [5.41, 5.74) is 1.79. The zero-order chi connectivity index (χ0) is 13.2. The molecule has 0 heterocycles. The van der Waals surface area contributed by atoms with Gasteiger partial charge in [0, 0.05) is 10.4 Å². The summed E-state index contributed by atoms with van der Waals surface area (Å²) >= 11 is 6.02. The van der Waals surface area contributed by atoms with Crippen LogP contribution in [-0.2, 0) is 10.2 Å². The summed E-state index contributed by atoms with van der Waals surface area (Å²) in [5, 5.41) is 9.63. The highest BCUT2D eigenvalue weighted by molar-refractivity contribution is 6.30. The molecule has 0 saturated carbocycles. The number of carboxylic acids is 1. The van der Waals surface area contributed by atoms with Crippen molar-refractivity contribution in [3.8, 4) is 0 Å². The van der Waals surface area contributed by atoms with Gasteiger partial charge in [0.05, 0.1) is 6.42 Å². The summed E-state index contributed by atoms with van der Waals surface area (Å²) in [4.78, 5) is 10.9. The van der Waals surface area contributed by atoms with Crippen molar-refractivity contribution in [2.45, 2.75) is 45.4 Å². The third-order valence-electron chi connectivity index (χ3n) is 2.96. The fourth-order valence-corrected chi connectivity index (χ4v) is 2.26. The Balaban J connectivity index is 3.27. The number of carbonyl (C=O) groups is 1. The van der Waals surface area contributed by atoms with Crippen LogP contribution in [0.5, 0.6) is 0 Å². The van der Waals surface area contributed by atoms with Crippen molar-refractivity contribution in [1.29, 1.82) is 0 Å². The molecule has 1 rings (SSSR count). The average Bonchev–Trinajstić information content (AvgIpc) is 2.14. The SMILES string of the molecule is CC(C)c1ccc(Cl)cc1C(C)(C)CC(=O)O. The lowest BCUT2D eigenvalue weighted by atomic mass is 9.77. The quantitative estimate of drug-likeness (QED) is 0.874. The highest BCUT2D eigenvalue weighted by Crippen LogP contribution is 2.35. The fourth-order valence-electron chi connectivity index (χ4n) is 2.09. The number of rotatable bonds is 4. The van der Waals surface area contributed by atoms with E-state index in [4.69, 9.17) is 16.7 Å². The highest BCUT2D eigenvalue weighted by Gasteiger charge is 2.27. The molecule has 0 atom stereocenters. The van der Waals surface area contributed by atoms with E-state index in [-0.39, 0.29) is 6.42 Å². The molecule has 17 heavy (non-hydrogen) atoms. The van der Waals surface area contributed by atoms with Gasteiger partial charge in [0.25, 0.3) is 0 Å². The molecule has 0 aromatic heterocycles. The topological polar surface area (TPSA) is 37.3 Å². The van der Waals surface area contributed by atoms with Gasteiger partial charge in [0.15, 0.2) is 0 Å². The Bertz CT molecular complexity index is 422. The largest absolute Gasteiger partial charge is 0.481 e. The van der Waals surface area contributed by atoms with Crippen molar-refractivity contribution in [2.75, 3.05) is 0 Å². The van der Waals surface area contributed by atoms with Gasteiger partial charge in [0.1, 0.15) is 0 Å². The monoisotopic (exact) mass is 254 g/mol. The third kappa shape index (κ3) is 3.47. The second-order valence-corrected chi connectivity index (χ2v) is 5.78. The van der Waals surface area contributed by atoms with Gasteiger partial charge in [-0.3, -0.25) is 4.79 Å². The number of carboxylic acid groups (broad SMARTS) is 1. The summed E-state index contributed by atoms with van der Waals surface area (Å²) in [5.74, 6) is -0.431. The standard InChI is InChI=1S/C14H19ClO2/c1-9(2)11-6-5-10(15)7-12(11)14(3,4)8-13(16)17/h5-7,9H,8H2,1-4H3,(H,16,17). The molecule has 0 bridgehead atoms. The van der Waals surface area contributed by atoms with E-state index in [0.29, 0.717) is 10.9 Å². The molecule has 1 aromatic rings. The first-order chi connectivity index (χ1) is 7.74. The second-order valence-electron chi connectivity index (χ2n) is 5.34. The number of hydrogen-bond acceptors (Lipinski definition) is 1. The van der Waals surface area contributed by atoms with Crippen LogP contribution in [0.3, 0.4) is 0 Å². The molecular formula is C14H19ClO2. The van der Waals surface area contributed by atoms with Crippen LogP contribution in [0.1, 0.15) is 51.2 Å². The molecule has 0 aliphatic rings. The van der Waals surface area contributed by atoms with Crippen molar-refractivity contribution < 1.29 is 9.90 Å². The molecule has 0 spiro atoms. The first-order valence-electron chi connectivity index (χ1n) is 5.76. The van der Waals surface area contributed by atoms with Crippen LogP contribution < -0.4 is 0 Å². The minimum atomic E-state index is -0.787. The summed E-state index contributed by atoms with van der Waals surface area (Å²) in [6.45, 7) is 8.09. The Morgan fingerprint density at radius 1 is 1.41 bits per heavy atom. The maximum atomic E-state index is 10.9. The Morgan fingerprint density at radius 3 is 2.47 bits per heavy atom. The predicted molar refractivity (Wildman–Crippen MR) is 70.8 cm³/mol. The van der Waals surface area contributed by atoms with Crippen LogP contribution in [0.2, 0.25) is 5.02 Å². The number of halogens is 1. The van der Waals surface area contributed by atoms with Crippen LogP contribution in [0.15, 0.2) is 18.2 Å². The molecule has 0 radical (unpaired) electrons. The summed E-state index contributed by atoms with van der Waals surface area (Å²) in [7, 11) is 0. The van der Waals surface area contributed by atoms with E-state index in [0.717, 1.165) is 5.56 Å².